The van der Waals surface area contributed by atoms with Crippen molar-refractivity contribution < 1.29 is 4.79 Å². The summed E-state index contributed by atoms with van der Waals surface area (Å²) < 4.78 is 0.960. The minimum Gasteiger partial charge on any atom is -0.306 e. The van der Waals surface area contributed by atoms with Gasteiger partial charge >= 0.3 is 0 Å². The zero-order valence-corrected chi connectivity index (χ0v) is 13.0. The minimum absolute atomic E-state index is 0.215. The molecule has 0 aliphatic rings. The Balaban J connectivity index is 2.41. The van der Waals surface area contributed by atoms with Gasteiger partial charge in [0.1, 0.15) is 0 Å². The summed E-state index contributed by atoms with van der Waals surface area (Å²) in [6.45, 7) is 6.33. The minimum atomic E-state index is 0.215. The van der Waals surface area contributed by atoms with E-state index in [-0.39, 0.29) is 5.78 Å². The molecule has 100 valence electrons. The van der Waals surface area contributed by atoms with Crippen molar-refractivity contribution in [3.05, 3.63) is 34.3 Å². The van der Waals surface area contributed by atoms with Crippen LogP contribution in [0.5, 0.6) is 0 Å². The van der Waals surface area contributed by atoms with Crippen molar-refractivity contribution in [2.75, 3.05) is 20.1 Å². The molecule has 1 unspecified atom stereocenters. The summed E-state index contributed by atoms with van der Waals surface area (Å²) >= 11 is 3.39. The van der Waals surface area contributed by atoms with E-state index in [1.54, 1.807) is 0 Å². The van der Waals surface area contributed by atoms with Crippen LogP contribution in [0.3, 0.4) is 0 Å². The second-order valence-corrected chi connectivity index (χ2v) is 5.87. The second kappa shape index (κ2) is 7.70. The molecular formula is C15H22BrNO. The summed E-state index contributed by atoms with van der Waals surface area (Å²) in [4.78, 5) is 14.2. The standard InChI is InChI=1S/C15H22BrNO/c1-4-12(2)11-17(3)9-8-15(18)13-6-5-7-14(16)10-13/h5-7,10,12H,4,8-9,11H2,1-3H3. The van der Waals surface area contributed by atoms with Gasteiger partial charge in [0.05, 0.1) is 0 Å². The number of Topliss-reactive ketones (excluding diaryl/α,β-unsaturated/α-hetero) is 1. The Morgan fingerprint density at radius 3 is 2.78 bits per heavy atom. The number of hydrogen-bond donors (Lipinski definition) is 0. The van der Waals surface area contributed by atoms with Crippen LogP contribution in [0.2, 0.25) is 0 Å². The maximum Gasteiger partial charge on any atom is 0.164 e. The molecule has 1 rings (SSSR count). The van der Waals surface area contributed by atoms with E-state index in [9.17, 15) is 4.79 Å². The van der Waals surface area contributed by atoms with E-state index >= 15 is 0 Å². The SMILES string of the molecule is CCC(C)CN(C)CCC(=O)c1cccc(Br)c1. The Kier molecular flexibility index (Phi) is 6.58. The fraction of sp³-hybridized carbons (Fsp3) is 0.533. The first-order valence-electron chi connectivity index (χ1n) is 6.50. The molecule has 1 aromatic carbocycles. The van der Waals surface area contributed by atoms with Crippen molar-refractivity contribution in [1.82, 2.24) is 4.90 Å². The van der Waals surface area contributed by atoms with E-state index in [2.05, 4.69) is 41.7 Å². The van der Waals surface area contributed by atoms with Crippen LogP contribution >= 0.6 is 15.9 Å². The van der Waals surface area contributed by atoms with Crippen LogP contribution in [0.1, 0.15) is 37.0 Å². The predicted octanol–water partition coefficient (Wildman–Crippen LogP) is 4.00. The molecule has 0 aliphatic heterocycles. The van der Waals surface area contributed by atoms with E-state index in [0.717, 1.165) is 23.1 Å². The van der Waals surface area contributed by atoms with Crippen LogP contribution in [0.4, 0.5) is 0 Å². The van der Waals surface area contributed by atoms with Crippen LogP contribution in [0, 0.1) is 5.92 Å². The molecular weight excluding hydrogens is 290 g/mol. The quantitative estimate of drug-likeness (QED) is 0.709. The van der Waals surface area contributed by atoms with Crippen molar-refractivity contribution in [2.45, 2.75) is 26.7 Å². The molecule has 0 fully saturated rings. The van der Waals surface area contributed by atoms with Gasteiger partial charge < -0.3 is 4.90 Å². The van der Waals surface area contributed by atoms with Crippen LogP contribution in [0.15, 0.2) is 28.7 Å². The van der Waals surface area contributed by atoms with E-state index in [1.807, 2.05) is 24.3 Å². The number of benzene rings is 1. The van der Waals surface area contributed by atoms with Crippen LogP contribution in [-0.4, -0.2) is 30.8 Å². The third kappa shape index (κ3) is 5.32. The topological polar surface area (TPSA) is 20.3 Å². The maximum absolute atomic E-state index is 12.0. The Morgan fingerprint density at radius 1 is 1.44 bits per heavy atom. The van der Waals surface area contributed by atoms with Gasteiger partial charge in [0, 0.05) is 29.5 Å². The predicted molar refractivity (Wildman–Crippen MR) is 80.0 cm³/mol. The van der Waals surface area contributed by atoms with Crippen molar-refractivity contribution in [2.24, 2.45) is 5.92 Å². The fourth-order valence-corrected chi connectivity index (χ4v) is 2.25. The first-order valence-corrected chi connectivity index (χ1v) is 7.29. The summed E-state index contributed by atoms with van der Waals surface area (Å²) in [5.41, 5.74) is 0.793. The van der Waals surface area contributed by atoms with Crippen LogP contribution < -0.4 is 0 Å². The molecule has 2 nitrogen and oxygen atoms in total. The lowest BCUT2D eigenvalue weighted by molar-refractivity contribution is 0.0966. The lowest BCUT2D eigenvalue weighted by Gasteiger charge is -2.19. The highest BCUT2D eigenvalue weighted by atomic mass is 79.9. The average molecular weight is 312 g/mol. The van der Waals surface area contributed by atoms with Gasteiger partial charge in [0.25, 0.3) is 0 Å². The number of carbonyl (C=O) groups is 1. The molecule has 0 radical (unpaired) electrons. The van der Waals surface area contributed by atoms with Gasteiger partial charge in [-0.05, 0) is 25.1 Å². The van der Waals surface area contributed by atoms with E-state index in [4.69, 9.17) is 0 Å². The third-order valence-corrected chi connectivity index (χ3v) is 3.68. The number of ketones is 1. The van der Waals surface area contributed by atoms with Crippen molar-refractivity contribution in [3.63, 3.8) is 0 Å². The molecule has 18 heavy (non-hydrogen) atoms. The average Bonchev–Trinajstić information content (AvgIpc) is 2.35. The highest BCUT2D eigenvalue weighted by molar-refractivity contribution is 9.10. The van der Waals surface area contributed by atoms with Gasteiger partial charge in [0.2, 0.25) is 0 Å². The second-order valence-electron chi connectivity index (χ2n) is 4.96. The Morgan fingerprint density at radius 2 is 2.17 bits per heavy atom. The molecule has 0 heterocycles. The lowest BCUT2D eigenvalue weighted by Crippen LogP contribution is -2.26. The summed E-state index contributed by atoms with van der Waals surface area (Å²) in [5.74, 6) is 0.906. The number of carbonyl (C=O) groups excluding carboxylic acids is 1. The molecule has 1 aromatic rings. The van der Waals surface area contributed by atoms with Gasteiger partial charge in [-0.25, -0.2) is 0 Å². The van der Waals surface area contributed by atoms with Crippen LogP contribution in [0.25, 0.3) is 0 Å². The number of rotatable bonds is 7. The molecule has 0 saturated carbocycles. The maximum atomic E-state index is 12.0. The lowest BCUT2D eigenvalue weighted by atomic mass is 10.1. The summed E-state index contributed by atoms with van der Waals surface area (Å²) in [7, 11) is 2.08. The Labute approximate surface area is 119 Å². The third-order valence-electron chi connectivity index (χ3n) is 3.19. The first-order chi connectivity index (χ1) is 8.52. The Bertz CT molecular complexity index is 392. The van der Waals surface area contributed by atoms with Crippen molar-refractivity contribution >= 4 is 21.7 Å². The number of nitrogens with zero attached hydrogens (tertiary/aromatic N) is 1. The van der Waals surface area contributed by atoms with Crippen molar-refractivity contribution in [3.8, 4) is 0 Å². The zero-order valence-electron chi connectivity index (χ0n) is 11.4. The molecule has 1 atom stereocenters. The van der Waals surface area contributed by atoms with Gasteiger partial charge in [-0.15, -0.1) is 0 Å². The highest BCUT2D eigenvalue weighted by Crippen LogP contribution is 2.13. The summed E-state index contributed by atoms with van der Waals surface area (Å²) in [6, 6.07) is 7.60. The zero-order chi connectivity index (χ0) is 13.5. The smallest absolute Gasteiger partial charge is 0.164 e. The van der Waals surface area contributed by atoms with Gasteiger partial charge in [-0.2, -0.15) is 0 Å². The molecule has 0 aromatic heterocycles. The number of halogens is 1. The molecule has 0 amide bonds. The summed E-state index contributed by atoms with van der Waals surface area (Å²) in [6.07, 6.45) is 1.77. The van der Waals surface area contributed by atoms with E-state index < -0.39 is 0 Å². The molecule has 0 saturated heterocycles. The fourth-order valence-electron chi connectivity index (χ4n) is 1.85. The molecule has 0 N–H and O–H groups in total. The molecule has 0 aliphatic carbocycles. The van der Waals surface area contributed by atoms with Crippen molar-refractivity contribution in [1.29, 1.82) is 0 Å². The monoisotopic (exact) mass is 311 g/mol. The number of hydrogen-bond acceptors (Lipinski definition) is 2. The normalized spacial score (nSPS) is 12.7. The van der Waals surface area contributed by atoms with Gasteiger partial charge in [-0.1, -0.05) is 48.3 Å². The molecule has 0 bridgehead atoms. The van der Waals surface area contributed by atoms with Gasteiger partial charge in [0.15, 0.2) is 5.78 Å². The Hall–Kier alpha value is -0.670. The van der Waals surface area contributed by atoms with Crippen LogP contribution in [-0.2, 0) is 0 Å². The molecule has 3 heteroatoms. The first kappa shape index (κ1) is 15.4. The van der Waals surface area contributed by atoms with E-state index in [1.165, 1.54) is 6.42 Å². The summed E-state index contributed by atoms with van der Waals surface area (Å²) in [5, 5.41) is 0. The molecule has 0 spiro atoms. The van der Waals surface area contributed by atoms with E-state index in [0.29, 0.717) is 12.3 Å². The van der Waals surface area contributed by atoms with Gasteiger partial charge in [-0.3, -0.25) is 4.79 Å². The highest BCUT2D eigenvalue weighted by Gasteiger charge is 2.09. The largest absolute Gasteiger partial charge is 0.306 e.